The highest BCUT2D eigenvalue weighted by Crippen LogP contribution is 2.18. The summed E-state index contributed by atoms with van der Waals surface area (Å²) in [6.07, 6.45) is 0.206. The van der Waals surface area contributed by atoms with Gasteiger partial charge >= 0.3 is 11.9 Å². The number of allylic oxidation sites excluding steroid dienone is 2. The number of aliphatic hydroxyl groups excluding tert-OH is 1. The Kier molecular flexibility index (Phi) is 3.81. The summed E-state index contributed by atoms with van der Waals surface area (Å²) in [7, 11) is 0. The first-order valence-corrected chi connectivity index (χ1v) is 4.44. The molecule has 1 aliphatic carbocycles. The van der Waals surface area contributed by atoms with Crippen molar-refractivity contribution in [2.45, 2.75) is 18.3 Å². The molecule has 88 valence electrons. The lowest BCUT2D eigenvalue weighted by atomic mass is 9.99. The lowest BCUT2D eigenvalue weighted by molar-refractivity contribution is -0.151. The van der Waals surface area contributed by atoms with Crippen LogP contribution >= 0.6 is 0 Å². The highest BCUT2D eigenvalue weighted by atomic mass is 16.5. The maximum Gasteiger partial charge on any atom is 0.334 e. The molecule has 0 aromatic rings. The summed E-state index contributed by atoms with van der Waals surface area (Å²) < 4.78 is 4.89. The molecule has 1 rings (SSSR count). The van der Waals surface area contributed by atoms with Crippen LogP contribution in [0.15, 0.2) is 23.8 Å². The van der Waals surface area contributed by atoms with E-state index in [4.69, 9.17) is 14.9 Å². The van der Waals surface area contributed by atoms with Gasteiger partial charge in [-0.25, -0.2) is 4.79 Å². The molecule has 0 amide bonds. The van der Waals surface area contributed by atoms with Gasteiger partial charge < -0.3 is 27.0 Å². The Morgan fingerprint density at radius 1 is 1.44 bits per heavy atom. The number of carbonyl (C=O) groups is 2. The first-order chi connectivity index (χ1) is 7.43. The maximum atomic E-state index is 10.7. The topological polar surface area (TPSA) is 104 Å². The molecule has 0 aromatic carbocycles. The van der Waals surface area contributed by atoms with Gasteiger partial charge in [0.2, 0.25) is 0 Å². The summed E-state index contributed by atoms with van der Waals surface area (Å²) >= 11 is 0. The molecule has 6 nitrogen and oxygen atoms in total. The summed E-state index contributed by atoms with van der Waals surface area (Å²) in [6.45, 7) is 3.20. The van der Waals surface area contributed by atoms with Crippen molar-refractivity contribution in [2.75, 3.05) is 0 Å². The lowest BCUT2D eigenvalue weighted by Gasteiger charge is -2.27. The van der Waals surface area contributed by atoms with Crippen molar-refractivity contribution in [3.8, 4) is 0 Å². The molecular formula is C10H11O6-. The highest BCUT2D eigenvalue weighted by Gasteiger charge is 2.29. The fourth-order valence-electron chi connectivity index (χ4n) is 1.22. The molecule has 16 heavy (non-hydrogen) atoms. The second-order valence-electron chi connectivity index (χ2n) is 3.18. The summed E-state index contributed by atoms with van der Waals surface area (Å²) in [5, 5.41) is 26.9. The van der Waals surface area contributed by atoms with Gasteiger partial charge in [0.05, 0.1) is 5.57 Å². The van der Waals surface area contributed by atoms with Crippen LogP contribution in [-0.4, -0.2) is 45.6 Å². The van der Waals surface area contributed by atoms with Crippen LogP contribution in [0.5, 0.6) is 0 Å². The third kappa shape index (κ3) is 2.68. The van der Waals surface area contributed by atoms with Gasteiger partial charge in [-0.2, -0.15) is 0 Å². The van der Waals surface area contributed by atoms with E-state index in [-0.39, 0.29) is 5.57 Å². The Balaban J connectivity index is 2.72. The van der Waals surface area contributed by atoms with Gasteiger partial charge in [-0.1, -0.05) is 12.2 Å². The van der Waals surface area contributed by atoms with Crippen LogP contribution in [0.4, 0.5) is 0 Å². The standard InChI is InChI=1S/C10H11O6/c1-5(9(12)13)16-7-4-2-3-6(8(7)11)10(14)15/h2-5,7-8,11H,1H2,(H,12,13)(H,14,15)/q-1/t5?,7-,8-/m0/s1. The molecule has 3 atom stereocenters. The largest absolute Gasteiger partial charge is 0.481 e. The third-order valence-corrected chi connectivity index (χ3v) is 2.05. The second-order valence-corrected chi connectivity index (χ2v) is 3.18. The Morgan fingerprint density at radius 3 is 2.56 bits per heavy atom. The van der Waals surface area contributed by atoms with Crippen molar-refractivity contribution in [2.24, 2.45) is 0 Å². The normalized spacial score (nSPS) is 26.0. The molecule has 0 aliphatic heterocycles. The molecule has 0 bridgehead atoms. The molecule has 1 unspecified atom stereocenters. The molecule has 6 heteroatoms. The molecule has 0 heterocycles. The average molecular weight is 227 g/mol. The SMILES string of the molecule is [CH2-]C(O[C@H]1C=CC=C(C(=O)O)[C@@H]1O)C(=O)O. The van der Waals surface area contributed by atoms with Crippen molar-refractivity contribution in [1.82, 2.24) is 0 Å². The van der Waals surface area contributed by atoms with E-state index in [1.165, 1.54) is 18.2 Å². The number of hydrogen-bond donors (Lipinski definition) is 3. The Hall–Kier alpha value is -1.66. The van der Waals surface area contributed by atoms with Gasteiger partial charge in [0.1, 0.15) is 12.2 Å². The zero-order chi connectivity index (χ0) is 12.3. The predicted molar refractivity (Wildman–Crippen MR) is 52.5 cm³/mol. The van der Waals surface area contributed by atoms with Crippen LogP contribution in [0.1, 0.15) is 0 Å². The van der Waals surface area contributed by atoms with Gasteiger partial charge in [0.15, 0.2) is 0 Å². The Morgan fingerprint density at radius 2 is 2.06 bits per heavy atom. The smallest absolute Gasteiger partial charge is 0.334 e. The van der Waals surface area contributed by atoms with Gasteiger partial charge in [0, 0.05) is 6.10 Å². The Labute approximate surface area is 91.5 Å². The molecule has 3 N–H and O–H groups in total. The zero-order valence-corrected chi connectivity index (χ0v) is 8.24. The fourth-order valence-corrected chi connectivity index (χ4v) is 1.22. The maximum absolute atomic E-state index is 10.7. The van der Waals surface area contributed by atoms with Crippen LogP contribution in [-0.2, 0) is 14.3 Å². The zero-order valence-electron chi connectivity index (χ0n) is 8.24. The minimum Gasteiger partial charge on any atom is -0.481 e. The highest BCUT2D eigenvalue weighted by molar-refractivity contribution is 5.88. The number of carboxylic acid groups (broad SMARTS) is 2. The summed E-state index contributed by atoms with van der Waals surface area (Å²) in [5.74, 6) is -2.56. The van der Waals surface area contributed by atoms with Crippen molar-refractivity contribution in [3.63, 3.8) is 0 Å². The molecular weight excluding hydrogens is 216 g/mol. The van der Waals surface area contributed by atoms with E-state index in [9.17, 15) is 14.7 Å². The summed E-state index contributed by atoms with van der Waals surface area (Å²) in [5.41, 5.74) is -0.245. The second kappa shape index (κ2) is 4.91. The molecule has 0 spiro atoms. The monoisotopic (exact) mass is 227 g/mol. The van der Waals surface area contributed by atoms with Crippen LogP contribution in [0.2, 0.25) is 0 Å². The van der Waals surface area contributed by atoms with E-state index in [1.54, 1.807) is 0 Å². The van der Waals surface area contributed by atoms with Crippen molar-refractivity contribution in [3.05, 3.63) is 30.7 Å². The molecule has 0 radical (unpaired) electrons. The van der Waals surface area contributed by atoms with Crippen molar-refractivity contribution >= 4 is 11.9 Å². The average Bonchev–Trinajstić information content (AvgIpc) is 2.20. The van der Waals surface area contributed by atoms with Gasteiger partial charge in [0.25, 0.3) is 0 Å². The molecule has 0 fully saturated rings. The number of hydrogen-bond acceptors (Lipinski definition) is 4. The minimum atomic E-state index is -1.40. The number of aliphatic carboxylic acids is 2. The number of rotatable bonds is 4. The van der Waals surface area contributed by atoms with E-state index in [2.05, 4.69) is 6.92 Å². The lowest BCUT2D eigenvalue weighted by Crippen LogP contribution is -2.37. The van der Waals surface area contributed by atoms with Crippen LogP contribution in [0, 0.1) is 6.92 Å². The fraction of sp³-hybridized carbons (Fsp3) is 0.300. The van der Waals surface area contributed by atoms with Crippen LogP contribution in [0.25, 0.3) is 0 Å². The first kappa shape index (κ1) is 12.4. The van der Waals surface area contributed by atoms with E-state index in [1.807, 2.05) is 0 Å². The van der Waals surface area contributed by atoms with Crippen molar-refractivity contribution < 1.29 is 29.6 Å². The predicted octanol–water partition coefficient (Wildman–Crippen LogP) is -0.399. The molecule has 0 saturated heterocycles. The molecule has 0 aromatic heterocycles. The van der Waals surface area contributed by atoms with Gasteiger partial charge in [-0.15, -0.1) is 0 Å². The third-order valence-electron chi connectivity index (χ3n) is 2.05. The first-order valence-electron chi connectivity index (χ1n) is 4.44. The van der Waals surface area contributed by atoms with Crippen LogP contribution in [0.3, 0.4) is 0 Å². The quantitative estimate of drug-likeness (QED) is 0.564. The summed E-state index contributed by atoms with van der Waals surface area (Å²) in [4.78, 5) is 21.2. The summed E-state index contributed by atoms with van der Waals surface area (Å²) in [6, 6.07) is 0. The molecule has 1 aliphatic rings. The van der Waals surface area contributed by atoms with E-state index in [0.717, 1.165) is 0 Å². The van der Waals surface area contributed by atoms with Crippen LogP contribution < -0.4 is 0 Å². The van der Waals surface area contributed by atoms with Gasteiger partial charge in [-0.05, 0) is 6.08 Å². The Bertz CT molecular complexity index is 356. The number of carboxylic acids is 2. The minimum absolute atomic E-state index is 0.245. The van der Waals surface area contributed by atoms with E-state index >= 15 is 0 Å². The van der Waals surface area contributed by atoms with Gasteiger partial charge in [-0.3, -0.25) is 4.79 Å². The van der Waals surface area contributed by atoms with Crippen molar-refractivity contribution in [1.29, 1.82) is 0 Å². The van der Waals surface area contributed by atoms with E-state index in [0.29, 0.717) is 0 Å². The van der Waals surface area contributed by atoms with E-state index < -0.39 is 30.3 Å². The molecule has 0 saturated carbocycles. The number of aliphatic hydroxyl groups is 1. The number of ether oxygens (including phenoxy) is 1.